The van der Waals surface area contributed by atoms with Crippen LogP contribution in [0.5, 0.6) is 0 Å². The highest BCUT2D eigenvalue weighted by Crippen LogP contribution is 2.38. The maximum atomic E-state index is 5.23. The first kappa shape index (κ1) is 13.7. The highest BCUT2D eigenvalue weighted by atomic mass is 32.1. The van der Waals surface area contributed by atoms with Crippen LogP contribution in [0, 0.1) is 6.92 Å². The summed E-state index contributed by atoms with van der Waals surface area (Å²) in [5.41, 5.74) is 3.81. The van der Waals surface area contributed by atoms with Crippen molar-refractivity contribution in [2.24, 2.45) is 0 Å². The molecule has 2 aromatic heterocycles. The van der Waals surface area contributed by atoms with Crippen molar-refractivity contribution in [2.75, 3.05) is 6.54 Å². The van der Waals surface area contributed by atoms with Gasteiger partial charge in [0.15, 0.2) is 0 Å². The SMILES string of the molecule is Cc1cc(CN2CCc3sccc3[C@H]2c2ccccc2)no1. The van der Waals surface area contributed by atoms with Gasteiger partial charge in [-0.05, 0) is 35.9 Å². The maximum Gasteiger partial charge on any atom is 0.133 e. The number of hydrogen-bond acceptors (Lipinski definition) is 4. The Hall–Kier alpha value is -1.91. The van der Waals surface area contributed by atoms with Gasteiger partial charge < -0.3 is 4.52 Å². The van der Waals surface area contributed by atoms with Gasteiger partial charge in [0.2, 0.25) is 0 Å². The second kappa shape index (κ2) is 5.71. The number of hydrogen-bond donors (Lipinski definition) is 0. The van der Waals surface area contributed by atoms with Crippen LogP contribution in [0.2, 0.25) is 0 Å². The minimum Gasteiger partial charge on any atom is -0.361 e. The van der Waals surface area contributed by atoms with Crippen molar-refractivity contribution in [1.82, 2.24) is 10.1 Å². The Bertz CT molecular complexity index is 762. The maximum absolute atomic E-state index is 5.23. The van der Waals surface area contributed by atoms with Crippen molar-refractivity contribution >= 4 is 11.3 Å². The summed E-state index contributed by atoms with van der Waals surface area (Å²) in [6.07, 6.45) is 1.12. The summed E-state index contributed by atoms with van der Waals surface area (Å²) < 4.78 is 5.23. The predicted molar refractivity (Wildman–Crippen MR) is 88.0 cm³/mol. The lowest BCUT2D eigenvalue weighted by molar-refractivity contribution is 0.200. The van der Waals surface area contributed by atoms with Crippen molar-refractivity contribution in [3.8, 4) is 0 Å². The molecule has 4 rings (SSSR count). The van der Waals surface area contributed by atoms with E-state index in [1.54, 1.807) is 0 Å². The number of aryl methyl sites for hydroxylation is 1. The van der Waals surface area contributed by atoms with Gasteiger partial charge in [0.25, 0.3) is 0 Å². The minimum absolute atomic E-state index is 0.313. The zero-order valence-corrected chi connectivity index (χ0v) is 13.3. The molecule has 1 atom stereocenters. The van der Waals surface area contributed by atoms with Gasteiger partial charge in [0, 0.05) is 24.0 Å². The Morgan fingerprint density at radius 3 is 2.91 bits per heavy atom. The quantitative estimate of drug-likeness (QED) is 0.726. The van der Waals surface area contributed by atoms with Crippen molar-refractivity contribution in [1.29, 1.82) is 0 Å². The lowest BCUT2D eigenvalue weighted by atomic mass is 9.93. The van der Waals surface area contributed by atoms with E-state index in [0.717, 1.165) is 31.0 Å². The summed E-state index contributed by atoms with van der Waals surface area (Å²) in [7, 11) is 0. The molecule has 0 unspecified atom stereocenters. The zero-order chi connectivity index (χ0) is 14.9. The van der Waals surface area contributed by atoms with E-state index in [1.165, 1.54) is 16.0 Å². The van der Waals surface area contributed by atoms with Gasteiger partial charge >= 0.3 is 0 Å². The Balaban J connectivity index is 1.71. The molecule has 1 aliphatic rings. The Labute approximate surface area is 134 Å². The predicted octanol–water partition coefficient (Wildman–Crippen LogP) is 4.19. The molecule has 1 aliphatic heterocycles. The van der Waals surface area contributed by atoms with Gasteiger partial charge in [0.1, 0.15) is 5.76 Å². The molecule has 0 saturated carbocycles. The smallest absolute Gasteiger partial charge is 0.133 e. The lowest BCUT2D eigenvalue weighted by Crippen LogP contribution is -2.35. The van der Waals surface area contributed by atoms with Crippen molar-refractivity contribution in [2.45, 2.75) is 25.9 Å². The fourth-order valence-electron chi connectivity index (χ4n) is 3.26. The van der Waals surface area contributed by atoms with E-state index in [2.05, 4.69) is 51.8 Å². The molecule has 0 radical (unpaired) electrons. The lowest BCUT2D eigenvalue weighted by Gasteiger charge is -2.35. The molecule has 3 heterocycles. The standard InChI is InChI=1S/C18H18N2OS/c1-13-11-15(19-21-13)12-20-9-7-17-16(8-10-22-17)18(20)14-5-3-2-4-6-14/h2-6,8,10-11,18H,7,9,12H2,1H3/t18-/m1/s1. The van der Waals surface area contributed by atoms with Crippen LogP contribution < -0.4 is 0 Å². The highest BCUT2D eigenvalue weighted by Gasteiger charge is 2.29. The van der Waals surface area contributed by atoms with E-state index in [1.807, 2.05) is 24.3 Å². The number of aromatic nitrogens is 1. The first-order valence-electron chi connectivity index (χ1n) is 7.59. The van der Waals surface area contributed by atoms with E-state index in [9.17, 15) is 0 Å². The van der Waals surface area contributed by atoms with E-state index >= 15 is 0 Å². The monoisotopic (exact) mass is 310 g/mol. The number of benzene rings is 1. The zero-order valence-electron chi connectivity index (χ0n) is 12.5. The third kappa shape index (κ3) is 2.49. The van der Waals surface area contributed by atoms with Crippen LogP contribution in [0.3, 0.4) is 0 Å². The van der Waals surface area contributed by atoms with E-state index in [0.29, 0.717) is 6.04 Å². The first-order valence-corrected chi connectivity index (χ1v) is 8.46. The number of fused-ring (bicyclic) bond motifs is 1. The van der Waals surface area contributed by atoms with Crippen LogP contribution in [-0.2, 0) is 13.0 Å². The van der Waals surface area contributed by atoms with Gasteiger partial charge in [-0.1, -0.05) is 35.5 Å². The molecular weight excluding hydrogens is 292 g/mol. The molecule has 3 nitrogen and oxygen atoms in total. The fourth-order valence-corrected chi connectivity index (χ4v) is 4.17. The molecule has 0 aliphatic carbocycles. The molecule has 0 amide bonds. The molecule has 0 spiro atoms. The molecule has 0 saturated heterocycles. The number of rotatable bonds is 3. The van der Waals surface area contributed by atoms with Crippen LogP contribution >= 0.6 is 11.3 Å². The third-order valence-corrected chi connectivity index (χ3v) is 5.22. The molecule has 1 aromatic carbocycles. The largest absolute Gasteiger partial charge is 0.361 e. The van der Waals surface area contributed by atoms with Gasteiger partial charge in [-0.2, -0.15) is 0 Å². The van der Waals surface area contributed by atoms with Gasteiger partial charge in [0.05, 0.1) is 11.7 Å². The third-order valence-electron chi connectivity index (χ3n) is 4.22. The Morgan fingerprint density at radius 1 is 1.27 bits per heavy atom. The normalized spacial score (nSPS) is 18.3. The number of thiophene rings is 1. The topological polar surface area (TPSA) is 29.3 Å². The summed E-state index contributed by atoms with van der Waals surface area (Å²) in [6.45, 7) is 3.82. The van der Waals surface area contributed by atoms with Gasteiger partial charge in [-0.3, -0.25) is 4.90 Å². The second-order valence-electron chi connectivity index (χ2n) is 5.76. The molecule has 112 valence electrons. The second-order valence-corrected chi connectivity index (χ2v) is 6.76. The average Bonchev–Trinajstić information content (AvgIpc) is 3.17. The summed E-state index contributed by atoms with van der Waals surface area (Å²) in [5, 5.41) is 6.38. The summed E-state index contributed by atoms with van der Waals surface area (Å²) in [4.78, 5) is 4.02. The molecule has 0 bridgehead atoms. The summed E-state index contributed by atoms with van der Waals surface area (Å²) in [6, 6.07) is 15.4. The molecule has 3 aromatic rings. The van der Waals surface area contributed by atoms with Crippen LogP contribution in [0.1, 0.15) is 33.5 Å². The first-order chi connectivity index (χ1) is 10.8. The Kier molecular flexibility index (Phi) is 3.56. The minimum atomic E-state index is 0.313. The van der Waals surface area contributed by atoms with E-state index in [4.69, 9.17) is 4.52 Å². The van der Waals surface area contributed by atoms with Crippen molar-refractivity contribution in [3.05, 3.63) is 75.3 Å². The van der Waals surface area contributed by atoms with Crippen molar-refractivity contribution < 1.29 is 4.52 Å². The average molecular weight is 310 g/mol. The van der Waals surface area contributed by atoms with Gasteiger partial charge in [-0.15, -0.1) is 11.3 Å². The molecule has 4 heteroatoms. The van der Waals surface area contributed by atoms with Crippen LogP contribution in [0.4, 0.5) is 0 Å². The molecular formula is C18H18N2OS. The summed E-state index contributed by atoms with van der Waals surface area (Å²) >= 11 is 1.88. The van der Waals surface area contributed by atoms with E-state index < -0.39 is 0 Å². The molecule has 0 fully saturated rings. The molecule has 22 heavy (non-hydrogen) atoms. The highest BCUT2D eigenvalue weighted by molar-refractivity contribution is 7.10. The van der Waals surface area contributed by atoms with Crippen molar-refractivity contribution in [3.63, 3.8) is 0 Å². The van der Waals surface area contributed by atoms with E-state index in [-0.39, 0.29) is 0 Å². The summed E-state index contributed by atoms with van der Waals surface area (Å²) in [5.74, 6) is 0.875. The molecule has 0 N–H and O–H groups in total. The Morgan fingerprint density at radius 2 is 2.14 bits per heavy atom. The van der Waals surface area contributed by atoms with Crippen LogP contribution in [0.15, 0.2) is 52.4 Å². The number of nitrogens with zero attached hydrogens (tertiary/aromatic N) is 2. The van der Waals surface area contributed by atoms with Crippen LogP contribution in [0.25, 0.3) is 0 Å². The van der Waals surface area contributed by atoms with Gasteiger partial charge in [-0.25, -0.2) is 0 Å². The van der Waals surface area contributed by atoms with Crippen LogP contribution in [-0.4, -0.2) is 16.6 Å². The fraction of sp³-hybridized carbons (Fsp3) is 0.278.